The maximum Gasteiger partial charge on any atom is 0.252 e. The largest absolute Gasteiger partial charge is 0.334 e. The standard InChI is InChI=1S/C81H90BN3S2/c1-47-39-56-57(79(16,17)38-37-78(56,14)15)46-63(47)84-66-44-51(77(11,12)13)43-65-71(66)82(60-30-34-69-70(72(60)84)55-41-49(75(5,6)7)27-33-68(55)86-69)59-29-28-52(85-61-31-25-50(76(8,9)10)42-58(61)80(18)35-20-21-36-81(80,85)19)45-64(59)83(65)62-24-22-23-53-54-40-48(74(2,3)4)26-32-67(54)87-73(53)62/h22-34,39-46H,20-21,35-38H2,1-19H3. The van der Waals surface area contributed by atoms with Crippen LogP contribution in [0.15, 0.2) is 127 Å². The third-order valence-corrected chi connectivity index (χ3v) is 24.9. The Morgan fingerprint density at radius 3 is 1.67 bits per heavy atom. The molecule has 2 aliphatic carbocycles. The van der Waals surface area contributed by atoms with Gasteiger partial charge in [-0.05, 0) is 206 Å². The van der Waals surface area contributed by atoms with Crippen molar-refractivity contribution in [1.82, 2.24) is 0 Å². The molecule has 2 atom stereocenters. The number of anilines is 8. The van der Waals surface area contributed by atoms with Crippen molar-refractivity contribution in [2.75, 3.05) is 14.7 Å². The number of nitrogens with zero attached hydrogens (tertiary/aromatic N) is 3. The summed E-state index contributed by atoms with van der Waals surface area (Å²) in [5.41, 5.74) is 25.8. The lowest BCUT2D eigenvalue weighted by Gasteiger charge is -2.51. The quantitative estimate of drug-likeness (QED) is 0.163. The minimum Gasteiger partial charge on any atom is -0.334 e. The Morgan fingerprint density at radius 2 is 1.00 bits per heavy atom. The molecule has 0 amide bonds. The van der Waals surface area contributed by atoms with Crippen LogP contribution in [0.4, 0.5) is 45.5 Å². The van der Waals surface area contributed by atoms with Gasteiger partial charge in [-0.15, -0.1) is 22.7 Å². The summed E-state index contributed by atoms with van der Waals surface area (Å²) >= 11 is 3.93. The fourth-order valence-corrected chi connectivity index (χ4v) is 19.1. The number of aryl methyl sites for hydroxylation is 1. The highest BCUT2D eigenvalue weighted by Gasteiger charge is 2.58. The van der Waals surface area contributed by atoms with Crippen molar-refractivity contribution in [3.8, 4) is 0 Å². The Bertz CT molecular complexity index is 4590. The van der Waals surface area contributed by atoms with Crippen molar-refractivity contribution in [3.05, 3.63) is 172 Å². The zero-order chi connectivity index (χ0) is 61.4. The number of thiophene rings is 2. The van der Waals surface area contributed by atoms with Crippen LogP contribution in [0.5, 0.6) is 0 Å². The van der Waals surface area contributed by atoms with Gasteiger partial charge < -0.3 is 14.7 Å². The number of hydrogen-bond donors (Lipinski definition) is 0. The predicted octanol–water partition coefficient (Wildman–Crippen LogP) is 22.1. The fraction of sp³-hybridized carbons (Fsp3) is 0.407. The van der Waals surface area contributed by atoms with Crippen molar-refractivity contribution in [3.63, 3.8) is 0 Å². The molecular formula is C81H90BN3S2. The molecule has 0 saturated heterocycles. The first kappa shape index (κ1) is 57.1. The minimum absolute atomic E-state index is 0.0117. The monoisotopic (exact) mass is 1180 g/mol. The lowest BCUT2D eigenvalue weighted by atomic mass is 9.33. The van der Waals surface area contributed by atoms with Gasteiger partial charge in [-0.25, -0.2) is 0 Å². The Hall–Kier alpha value is -6.34. The number of fused-ring (bicyclic) bond motifs is 15. The van der Waals surface area contributed by atoms with Crippen LogP contribution in [-0.2, 0) is 37.9 Å². The van der Waals surface area contributed by atoms with Crippen molar-refractivity contribution in [2.24, 2.45) is 0 Å². The lowest BCUT2D eigenvalue weighted by molar-refractivity contribution is 0.195. The van der Waals surface area contributed by atoms with Crippen LogP contribution in [0, 0.1) is 6.92 Å². The molecule has 10 aromatic rings. The molecule has 0 bridgehead atoms. The first-order valence-electron chi connectivity index (χ1n) is 32.8. The van der Waals surface area contributed by atoms with Gasteiger partial charge in [-0.3, -0.25) is 0 Å². The van der Waals surface area contributed by atoms with Crippen LogP contribution >= 0.6 is 22.7 Å². The molecule has 0 radical (unpaired) electrons. The third-order valence-electron chi connectivity index (χ3n) is 22.6. The molecule has 2 unspecified atom stereocenters. The van der Waals surface area contributed by atoms with E-state index in [1.165, 1.54) is 172 Å². The number of hydrogen-bond acceptors (Lipinski definition) is 5. The van der Waals surface area contributed by atoms with E-state index in [-0.39, 0.29) is 50.2 Å². The van der Waals surface area contributed by atoms with E-state index in [2.05, 4.69) is 274 Å². The smallest absolute Gasteiger partial charge is 0.252 e. The Morgan fingerprint density at radius 1 is 0.425 bits per heavy atom. The summed E-state index contributed by atoms with van der Waals surface area (Å²) in [4.78, 5) is 8.42. The first-order chi connectivity index (χ1) is 40.8. The number of benzene rings is 8. The molecule has 3 aliphatic heterocycles. The van der Waals surface area contributed by atoms with Gasteiger partial charge in [0.2, 0.25) is 0 Å². The van der Waals surface area contributed by atoms with E-state index >= 15 is 0 Å². The van der Waals surface area contributed by atoms with Crippen LogP contribution in [-0.4, -0.2) is 12.3 Å². The van der Waals surface area contributed by atoms with Gasteiger partial charge in [0, 0.05) is 75.2 Å². The average Bonchev–Trinajstić information content (AvgIpc) is 1.46. The summed E-state index contributed by atoms with van der Waals surface area (Å²) in [6.07, 6.45) is 7.16. The van der Waals surface area contributed by atoms with Gasteiger partial charge >= 0.3 is 0 Å². The predicted molar refractivity (Wildman–Crippen MR) is 384 cm³/mol. The molecule has 6 heteroatoms. The van der Waals surface area contributed by atoms with E-state index in [1.807, 2.05) is 22.7 Å². The van der Waals surface area contributed by atoms with Gasteiger partial charge in [0.1, 0.15) is 0 Å². The van der Waals surface area contributed by atoms with Gasteiger partial charge in [0.05, 0.1) is 21.6 Å². The number of rotatable bonds is 3. The molecule has 444 valence electrons. The van der Waals surface area contributed by atoms with Gasteiger partial charge in [0.25, 0.3) is 6.71 Å². The van der Waals surface area contributed by atoms with Gasteiger partial charge in [-0.1, -0.05) is 185 Å². The molecule has 15 rings (SSSR count). The highest BCUT2D eigenvalue weighted by atomic mass is 32.1. The third kappa shape index (κ3) is 8.23. The zero-order valence-corrected chi connectivity index (χ0v) is 57.2. The van der Waals surface area contributed by atoms with Crippen LogP contribution in [0.3, 0.4) is 0 Å². The Kier molecular flexibility index (Phi) is 12.1. The summed E-state index contributed by atoms with van der Waals surface area (Å²) in [5, 5.41) is 5.42. The molecule has 87 heavy (non-hydrogen) atoms. The van der Waals surface area contributed by atoms with E-state index in [9.17, 15) is 0 Å². The zero-order valence-electron chi connectivity index (χ0n) is 55.6. The van der Waals surface area contributed by atoms with E-state index in [0.29, 0.717) is 0 Å². The van der Waals surface area contributed by atoms with Gasteiger partial charge in [-0.2, -0.15) is 0 Å². The Labute approximate surface area is 528 Å². The highest BCUT2D eigenvalue weighted by Crippen LogP contribution is 2.63. The Balaban J connectivity index is 1.08. The summed E-state index contributed by atoms with van der Waals surface area (Å²) in [6.45, 7) is 46.1. The van der Waals surface area contributed by atoms with Crippen LogP contribution < -0.4 is 31.1 Å². The molecule has 1 saturated carbocycles. The van der Waals surface area contributed by atoms with E-state index in [1.54, 1.807) is 0 Å². The molecular weight excluding hydrogens is 1090 g/mol. The van der Waals surface area contributed by atoms with Crippen molar-refractivity contribution < 1.29 is 0 Å². The van der Waals surface area contributed by atoms with Crippen molar-refractivity contribution in [2.45, 2.75) is 214 Å². The lowest BCUT2D eigenvalue weighted by Crippen LogP contribution is -2.61. The van der Waals surface area contributed by atoms with Crippen LogP contribution in [0.25, 0.3) is 40.3 Å². The first-order valence-corrected chi connectivity index (χ1v) is 34.4. The summed E-state index contributed by atoms with van der Waals surface area (Å²) in [5.74, 6) is 0. The fourth-order valence-electron chi connectivity index (χ4n) is 16.9. The maximum atomic E-state index is 2.83. The molecule has 8 aromatic carbocycles. The minimum atomic E-state index is -0.182. The molecule has 0 N–H and O–H groups in total. The van der Waals surface area contributed by atoms with E-state index in [0.717, 1.165) is 12.8 Å². The highest BCUT2D eigenvalue weighted by molar-refractivity contribution is 7.26. The average molecular weight is 1180 g/mol. The topological polar surface area (TPSA) is 9.72 Å². The van der Waals surface area contributed by atoms with Gasteiger partial charge in [0.15, 0.2) is 0 Å². The maximum absolute atomic E-state index is 2.83. The SMILES string of the molecule is Cc1cc2c(cc1N1c3cc(C(C)(C)C)cc4c3B(c3ccc(N5c6ccc(C(C)(C)C)cc6C6(C)CCCCC56C)cc3N4c3cccc4c3sc3ccc(C(C)(C)C)cc34)c3ccc4sc5ccc(C(C)(C)C)cc5c4c31)C(C)(C)CCC2(C)C. The van der Waals surface area contributed by atoms with Crippen molar-refractivity contribution >= 4 is 132 Å². The summed E-state index contributed by atoms with van der Waals surface area (Å²) < 4.78 is 5.36. The molecule has 5 heterocycles. The molecule has 3 nitrogen and oxygen atoms in total. The van der Waals surface area contributed by atoms with E-state index < -0.39 is 0 Å². The second kappa shape index (κ2) is 18.4. The second-order valence-corrected chi connectivity index (χ2v) is 35.4. The normalized spacial score (nSPS) is 20.5. The second-order valence-electron chi connectivity index (χ2n) is 33.3. The van der Waals surface area contributed by atoms with E-state index in [4.69, 9.17) is 0 Å². The van der Waals surface area contributed by atoms with Crippen molar-refractivity contribution in [1.29, 1.82) is 0 Å². The summed E-state index contributed by atoms with van der Waals surface area (Å²) in [6, 6.07) is 52.8. The van der Waals surface area contributed by atoms with Crippen LogP contribution in [0.2, 0.25) is 0 Å². The molecule has 0 spiro atoms. The van der Waals surface area contributed by atoms with Crippen LogP contribution in [0.1, 0.15) is 208 Å². The molecule has 5 aliphatic rings. The summed E-state index contributed by atoms with van der Waals surface area (Å²) in [7, 11) is 0. The molecule has 2 aromatic heterocycles. The molecule has 1 fully saturated rings.